The van der Waals surface area contributed by atoms with Gasteiger partial charge in [-0.2, -0.15) is 5.26 Å². The molecule has 0 aliphatic heterocycles. The number of nitriles is 1. The molecule has 0 fully saturated rings. The molecule has 0 atom stereocenters. The van der Waals surface area contributed by atoms with Crippen molar-refractivity contribution in [2.24, 2.45) is 5.41 Å². The Hall–Kier alpha value is -2.02. The molecule has 0 radical (unpaired) electrons. The lowest BCUT2D eigenvalue weighted by Crippen LogP contribution is -2.14. The second kappa shape index (κ2) is 5.54. The zero-order valence-corrected chi connectivity index (χ0v) is 10.9. The highest BCUT2D eigenvalue weighted by molar-refractivity contribution is 5.90. The van der Waals surface area contributed by atoms with E-state index in [1.165, 1.54) is 6.07 Å². The summed E-state index contributed by atoms with van der Waals surface area (Å²) < 4.78 is 5.49. The third-order valence-corrected chi connectivity index (χ3v) is 2.65. The molecule has 0 aliphatic carbocycles. The van der Waals surface area contributed by atoms with Crippen molar-refractivity contribution in [1.29, 1.82) is 5.26 Å². The van der Waals surface area contributed by atoms with Crippen molar-refractivity contribution in [3.05, 3.63) is 29.3 Å². The predicted molar refractivity (Wildman–Crippen MR) is 67.6 cm³/mol. The number of ether oxygens (including phenoxy) is 1. The van der Waals surface area contributed by atoms with Gasteiger partial charge in [0.25, 0.3) is 0 Å². The lowest BCUT2D eigenvalue weighted by molar-refractivity contribution is 0.0692. The molecule has 0 saturated heterocycles. The summed E-state index contributed by atoms with van der Waals surface area (Å²) in [6, 6.07) is 7.14. The highest BCUT2D eigenvalue weighted by Crippen LogP contribution is 2.23. The molecule has 1 aromatic rings. The Bertz CT molecular complexity index is 486. The molecule has 1 N–H and O–H groups in total. The number of carbonyl (C=O) groups is 1. The van der Waals surface area contributed by atoms with Gasteiger partial charge in [0, 0.05) is 0 Å². The standard InChI is InChI=1S/C14H17NO3/c1-10-4-5-11(13(16)17)12(8-10)18-7-6-14(2,3)9-15/h4-5,8H,6-7H2,1-3H3,(H,16,17). The molecule has 0 bridgehead atoms. The normalized spacial score (nSPS) is 10.8. The average Bonchev–Trinajstić information content (AvgIpc) is 2.28. The molecule has 0 unspecified atom stereocenters. The Balaban J connectivity index is 2.76. The van der Waals surface area contributed by atoms with Crippen LogP contribution in [0.4, 0.5) is 0 Å². The van der Waals surface area contributed by atoms with Gasteiger partial charge in [-0.25, -0.2) is 4.79 Å². The van der Waals surface area contributed by atoms with Gasteiger partial charge in [-0.15, -0.1) is 0 Å². The Morgan fingerprint density at radius 3 is 2.72 bits per heavy atom. The second-order valence-corrected chi connectivity index (χ2v) is 4.90. The van der Waals surface area contributed by atoms with E-state index in [0.29, 0.717) is 18.8 Å². The van der Waals surface area contributed by atoms with Gasteiger partial charge in [-0.3, -0.25) is 0 Å². The van der Waals surface area contributed by atoms with Crippen molar-refractivity contribution >= 4 is 5.97 Å². The van der Waals surface area contributed by atoms with E-state index in [4.69, 9.17) is 15.1 Å². The summed E-state index contributed by atoms with van der Waals surface area (Å²) in [7, 11) is 0. The van der Waals surface area contributed by atoms with Gasteiger partial charge in [0.05, 0.1) is 18.1 Å². The SMILES string of the molecule is Cc1ccc(C(=O)O)c(OCCC(C)(C)C#N)c1. The van der Waals surface area contributed by atoms with Crippen LogP contribution in [0.3, 0.4) is 0 Å². The van der Waals surface area contributed by atoms with E-state index in [1.54, 1.807) is 12.1 Å². The fourth-order valence-corrected chi connectivity index (χ4v) is 1.40. The second-order valence-electron chi connectivity index (χ2n) is 4.90. The summed E-state index contributed by atoms with van der Waals surface area (Å²) in [5.41, 5.74) is 0.623. The number of carboxylic acids is 1. The van der Waals surface area contributed by atoms with Crippen LogP contribution in [0.1, 0.15) is 36.2 Å². The monoisotopic (exact) mass is 247 g/mol. The molecule has 0 aliphatic rings. The number of hydrogen-bond acceptors (Lipinski definition) is 3. The number of rotatable bonds is 5. The fourth-order valence-electron chi connectivity index (χ4n) is 1.40. The Labute approximate surface area is 107 Å². The first-order valence-electron chi connectivity index (χ1n) is 5.74. The maximum atomic E-state index is 11.0. The first-order chi connectivity index (χ1) is 8.35. The van der Waals surface area contributed by atoms with E-state index in [1.807, 2.05) is 20.8 Å². The number of hydrogen-bond donors (Lipinski definition) is 1. The molecule has 0 heterocycles. The van der Waals surface area contributed by atoms with Crippen LogP contribution in [0.15, 0.2) is 18.2 Å². The molecular weight excluding hydrogens is 230 g/mol. The van der Waals surface area contributed by atoms with Gasteiger partial charge < -0.3 is 9.84 Å². The molecule has 18 heavy (non-hydrogen) atoms. The maximum absolute atomic E-state index is 11.0. The first-order valence-corrected chi connectivity index (χ1v) is 5.74. The minimum atomic E-state index is -1.01. The summed E-state index contributed by atoms with van der Waals surface area (Å²) in [5.74, 6) is -0.652. The minimum Gasteiger partial charge on any atom is -0.493 e. The number of nitrogens with zero attached hydrogens (tertiary/aromatic N) is 1. The van der Waals surface area contributed by atoms with Gasteiger partial charge >= 0.3 is 5.97 Å². The molecule has 0 spiro atoms. The smallest absolute Gasteiger partial charge is 0.339 e. The van der Waals surface area contributed by atoms with E-state index >= 15 is 0 Å². The third kappa shape index (κ3) is 3.77. The summed E-state index contributed by atoms with van der Waals surface area (Å²) >= 11 is 0. The molecular formula is C14H17NO3. The van der Waals surface area contributed by atoms with Crippen LogP contribution in [-0.2, 0) is 0 Å². The first kappa shape index (κ1) is 14.0. The van der Waals surface area contributed by atoms with Gasteiger partial charge in [-0.1, -0.05) is 6.07 Å². The Kier molecular flexibility index (Phi) is 4.33. The number of carboxylic acid groups (broad SMARTS) is 1. The predicted octanol–water partition coefficient (Wildman–Crippen LogP) is 3.01. The van der Waals surface area contributed by atoms with Crippen molar-refractivity contribution < 1.29 is 14.6 Å². The zero-order chi connectivity index (χ0) is 13.8. The number of aromatic carboxylic acids is 1. The highest BCUT2D eigenvalue weighted by atomic mass is 16.5. The van der Waals surface area contributed by atoms with E-state index in [0.717, 1.165) is 5.56 Å². The van der Waals surface area contributed by atoms with Crippen molar-refractivity contribution in [1.82, 2.24) is 0 Å². The van der Waals surface area contributed by atoms with Gasteiger partial charge in [0.1, 0.15) is 11.3 Å². The van der Waals surface area contributed by atoms with Crippen LogP contribution in [0.5, 0.6) is 5.75 Å². The van der Waals surface area contributed by atoms with Crippen LogP contribution in [0.25, 0.3) is 0 Å². The van der Waals surface area contributed by atoms with Crippen LogP contribution in [0.2, 0.25) is 0 Å². The van der Waals surface area contributed by atoms with Gasteiger partial charge in [0.15, 0.2) is 0 Å². The topological polar surface area (TPSA) is 70.3 Å². The molecule has 0 amide bonds. The summed E-state index contributed by atoms with van der Waals surface area (Å²) in [4.78, 5) is 11.0. The quantitative estimate of drug-likeness (QED) is 0.868. The molecule has 1 rings (SSSR count). The third-order valence-electron chi connectivity index (χ3n) is 2.65. The maximum Gasteiger partial charge on any atom is 0.339 e. The van der Waals surface area contributed by atoms with Crippen molar-refractivity contribution in [2.45, 2.75) is 27.2 Å². The molecule has 96 valence electrons. The Morgan fingerprint density at radius 2 is 2.17 bits per heavy atom. The van der Waals surface area contributed by atoms with Crippen molar-refractivity contribution in [3.63, 3.8) is 0 Å². The number of aryl methyl sites for hydroxylation is 1. The molecule has 4 nitrogen and oxygen atoms in total. The van der Waals surface area contributed by atoms with Gasteiger partial charge in [0.2, 0.25) is 0 Å². The summed E-state index contributed by atoms with van der Waals surface area (Å²) in [6.45, 7) is 5.84. The van der Waals surface area contributed by atoms with E-state index < -0.39 is 11.4 Å². The lowest BCUT2D eigenvalue weighted by atomic mass is 9.92. The van der Waals surface area contributed by atoms with E-state index in [9.17, 15) is 4.79 Å². The average molecular weight is 247 g/mol. The molecule has 4 heteroatoms. The van der Waals surface area contributed by atoms with Crippen molar-refractivity contribution in [3.8, 4) is 11.8 Å². The van der Waals surface area contributed by atoms with Crippen molar-refractivity contribution in [2.75, 3.05) is 6.61 Å². The molecule has 0 saturated carbocycles. The lowest BCUT2D eigenvalue weighted by Gasteiger charge is -2.16. The van der Waals surface area contributed by atoms with Crippen LogP contribution in [0, 0.1) is 23.7 Å². The fraction of sp³-hybridized carbons (Fsp3) is 0.429. The zero-order valence-electron chi connectivity index (χ0n) is 10.9. The molecule has 1 aromatic carbocycles. The highest BCUT2D eigenvalue weighted by Gasteiger charge is 2.17. The summed E-state index contributed by atoms with van der Waals surface area (Å²) in [6.07, 6.45) is 0.552. The molecule has 0 aromatic heterocycles. The van der Waals surface area contributed by atoms with E-state index in [-0.39, 0.29) is 5.56 Å². The van der Waals surface area contributed by atoms with Crippen LogP contribution < -0.4 is 4.74 Å². The number of benzene rings is 1. The van der Waals surface area contributed by atoms with Crippen LogP contribution >= 0.6 is 0 Å². The van der Waals surface area contributed by atoms with Crippen LogP contribution in [-0.4, -0.2) is 17.7 Å². The minimum absolute atomic E-state index is 0.148. The largest absolute Gasteiger partial charge is 0.493 e. The Morgan fingerprint density at radius 1 is 1.50 bits per heavy atom. The summed E-state index contributed by atoms with van der Waals surface area (Å²) in [5, 5.41) is 17.9. The van der Waals surface area contributed by atoms with E-state index in [2.05, 4.69) is 6.07 Å². The van der Waals surface area contributed by atoms with Gasteiger partial charge in [-0.05, 0) is 44.9 Å².